The van der Waals surface area contributed by atoms with E-state index in [0.29, 0.717) is 24.2 Å². The Labute approximate surface area is 123 Å². The highest BCUT2D eigenvalue weighted by molar-refractivity contribution is 5.74. The number of para-hydroxylation sites is 2. The summed E-state index contributed by atoms with van der Waals surface area (Å²) in [5.41, 5.74) is 1.98. The molecule has 2 heterocycles. The summed E-state index contributed by atoms with van der Waals surface area (Å²) in [6.45, 7) is 5.06. The molecule has 0 aliphatic carbocycles. The standard InChI is InChI=1S/C15H19N5O/c1-10(2)16-8-7-15-19-14(20-21-15)9-13-17-11-5-3-4-6-12(11)18-13/h3-6,10,16H,7-9H2,1-2H3,(H,17,18). The monoisotopic (exact) mass is 285 g/mol. The molecule has 6 heteroatoms. The molecule has 110 valence electrons. The van der Waals surface area contributed by atoms with E-state index in [1.807, 2.05) is 24.3 Å². The van der Waals surface area contributed by atoms with Crippen LogP contribution in [0.1, 0.15) is 31.4 Å². The fourth-order valence-electron chi connectivity index (χ4n) is 2.17. The van der Waals surface area contributed by atoms with Gasteiger partial charge in [-0.3, -0.25) is 0 Å². The third-order valence-electron chi connectivity index (χ3n) is 3.17. The molecule has 2 aromatic heterocycles. The minimum Gasteiger partial charge on any atom is -0.342 e. The molecule has 0 saturated heterocycles. The van der Waals surface area contributed by atoms with Gasteiger partial charge in [-0.25, -0.2) is 4.98 Å². The average molecular weight is 285 g/mol. The Hall–Kier alpha value is -2.21. The molecule has 6 nitrogen and oxygen atoms in total. The molecule has 0 aliphatic rings. The van der Waals surface area contributed by atoms with Crippen LogP contribution in [0.5, 0.6) is 0 Å². The summed E-state index contributed by atoms with van der Waals surface area (Å²) in [5.74, 6) is 2.17. The molecule has 0 saturated carbocycles. The van der Waals surface area contributed by atoms with Crippen molar-refractivity contribution < 1.29 is 4.52 Å². The molecule has 1 aromatic carbocycles. The maximum atomic E-state index is 5.25. The molecule has 0 fully saturated rings. The van der Waals surface area contributed by atoms with Crippen molar-refractivity contribution in [2.24, 2.45) is 0 Å². The number of hydrogen-bond donors (Lipinski definition) is 2. The number of H-pyrrole nitrogens is 1. The normalized spacial score (nSPS) is 11.6. The second-order valence-electron chi connectivity index (χ2n) is 5.34. The molecule has 0 radical (unpaired) electrons. The Morgan fingerprint density at radius 2 is 2.10 bits per heavy atom. The largest absolute Gasteiger partial charge is 0.342 e. The van der Waals surface area contributed by atoms with E-state index >= 15 is 0 Å². The predicted molar refractivity (Wildman–Crippen MR) is 80.0 cm³/mol. The zero-order valence-electron chi connectivity index (χ0n) is 12.3. The second kappa shape index (κ2) is 6.05. The summed E-state index contributed by atoms with van der Waals surface area (Å²) in [5, 5.41) is 7.33. The van der Waals surface area contributed by atoms with Gasteiger partial charge in [0.1, 0.15) is 5.82 Å². The van der Waals surface area contributed by atoms with Crippen LogP contribution in [-0.2, 0) is 12.8 Å². The summed E-state index contributed by atoms with van der Waals surface area (Å²) in [7, 11) is 0. The quantitative estimate of drug-likeness (QED) is 0.725. The fourth-order valence-corrected chi connectivity index (χ4v) is 2.17. The first kappa shape index (κ1) is 13.8. The van der Waals surface area contributed by atoms with Gasteiger partial charge >= 0.3 is 0 Å². The Morgan fingerprint density at radius 3 is 2.90 bits per heavy atom. The minimum absolute atomic E-state index is 0.461. The first-order valence-corrected chi connectivity index (χ1v) is 7.19. The number of aromatic nitrogens is 4. The highest BCUT2D eigenvalue weighted by atomic mass is 16.5. The Bertz CT molecular complexity index is 683. The molecular formula is C15H19N5O. The lowest BCUT2D eigenvalue weighted by Gasteiger charge is -2.04. The number of benzene rings is 1. The summed E-state index contributed by atoms with van der Waals surface area (Å²) < 4.78 is 5.25. The van der Waals surface area contributed by atoms with Crippen molar-refractivity contribution in [2.75, 3.05) is 6.54 Å². The summed E-state index contributed by atoms with van der Waals surface area (Å²) in [6.07, 6.45) is 1.29. The molecule has 0 amide bonds. The highest BCUT2D eigenvalue weighted by Crippen LogP contribution is 2.12. The van der Waals surface area contributed by atoms with Crippen molar-refractivity contribution in [1.29, 1.82) is 0 Å². The lowest BCUT2D eigenvalue weighted by Crippen LogP contribution is -2.25. The van der Waals surface area contributed by atoms with Gasteiger partial charge < -0.3 is 14.8 Å². The van der Waals surface area contributed by atoms with Crippen LogP contribution in [0.15, 0.2) is 28.8 Å². The van der Waals surface area contributed by atoms with E-state index < -0.39 is 0 Å². The number of fused-ring (bicyclic) bond motifs is 1. The Morgan fingerprint density at radius 1 is 1.24 bits per heavy atom. The summed E-state index contributed by atoms with van der Waals surface area (Å²) in [6, 6.07) is 8.40. The first-order chi connectivity index (χ1) is 10.2. The van der Waals surface area contributed by atoms with E-state index in [9.17, 15) is 0 Å². The van der Waals surface area contributed by atoms with Crippen LogP contribution in [0.3, 0.4) is 0 Å². The van der Waals surface area contributed by atoms with Crippen molar-refractivity contribution in [1.82, 2.24) is 25.4 Å². The van der Waals surface area contributed by atoms with Crippen molar-refractivity contribution in [3.63, 3.8) is 0 Å². The van der Waals surface area contributed by atoms with Crippen LogP contribution in [0, 0.1) is 0 Å². The first-order valence-electron chi connectivity index (χ1n) is 7.19. The van der Waals surface area contributed by atoms with Gasteiger partial charge in [0.15, 0.2) is 5.82 Å². The lowest BCUT2D eigenvalue weighted by atomic mass is 10.3. The van der Waals surface area contributed by atoms with Gasteiger partial charge in [0.25, 0.3) is 0 Å². The van der Waals surface area contributed by atoms with Crippen LogP contribution >= 0.6 is 0 Å². The number of aromatic amines is 1. The average Bonchev–Trinajstić information content (AvgIpc) is 3.04. The topological polar surface area (TPSA) is 79.6 Å². The summed E-state index contributed by atoms with van der Waals surface area (Å²) in [4.78, 5) is 12.2. The van der Waals surface area contributed by atoms with Crippen LogP contribution in [0.2, 0.25) is 0 Å². The molecule has 0 aliphatic heterocycles. The van der Waals surface area contributed by atoms with Gasteiger partial charge in [-0.15, -0.1) is 0 Å². The highest BCUT2D eigenvalue weighted by Gasteiger charge is 2.10. The van der Waals surface area contributed by atoms with E-state index in [1.54, 1.807) is 0 Å². The number of nitrogens with one attached hydrogen (secondary N) is 2. The second-order valence-corrected chi connectivity index (χ2v) is 5.34. The molecule has 0 spiro atoms. The number of hydrogen-bond acceptors (Lipinski definition) is 5. The van der Waals surface area contributed by atoms with Crippen molar-refractivity contribution in [2.45, 2.75) is 32.7 Å². The third kappa shape index (κ3) is 3.46. The van der Waals surface area contributed by atoms with Crippen molar-refractivity contribution >= 4 is 11.0 Å². The van der Waals surface area contributed by atoms with E-state index in [-0.39, 0.29) is 0 Å². The molecule has 0 atom stereocenters. The van der Waals surface area contributed by atoms with Crippen molar-refractivity contribution in [3.8, 4) is 0 Å². The zero-order chi connectivity index (χ0) is 14.7. The minimum atomic E-state index is 0.461. The van der Waals surface area contributed by atoms with E-state index in [2.05, 4.69) is 39.3 Å². The maximum absolute atomic E-state index is 5.25. The van der Waals surface area contributed by atoms with Gasteiger partial charge in [-0.05, 0) is 12.1 Å². The molecule has 0 unspecified atom stereocenters. The van der Waals surface area contributed by atoms with E-state index in [0.717, 1.165) is 29.8 Å². The maximum Gasteiger partial charge on any atom is 0.227 e. The van der Waals surface area contributed by atoms with E-state index in [1.165, 1.54) is 0 Å². The van der Waals surface area contributed by atoms with Crippen LogP contribution in [-0.4, -0.2) is 32.7 Å². The van der Waals surface area contributed by atoms with Gasteiger partial charge in [0.2, 0.25) is 5.89 Å². The van der Waals surface area contributed by atoms with Gasteiger partial charge in [-0.2, -0.15) is 4.98 Å². The van der Waals surface area contributed by atoms with Crippen LogP contribution in [0.25, 0.3) is 11.0 Å². The molecular weight excluding hydrogens is 266 g/mol. The molecule has 3 aromatic rings. The molecule has 3 rings (SSSR count). The van der Waals surface area contributed by atoms with Crippen LogP contribution < -0.4 is 5.32 Å². The number of imidazole rings is 1. The van der Waals surface area contributed by atoms with Gasteiger partial charge in [-0.1, -0.05) is 31.1 Å². The Balaban J connectivity index is 1.63. The number of rotatable bonds is 6. The smallest absolute Gasteiger partial charge is 0.227 e. The Kier molecular flexibility index (Phi) is 3.96. The lowest BCUT2D eigenvalue weighted by molar-refractivity contribution is 0.369. The summed E-state index contributed by atoms with van der Waals surface area (Å²) >= 11 is 0. The van der Waals surface area contributed by atoms with Crippen molar-refractivity contribution in [3.05, 3.63) is 41.8 Å². The SMILES string of the molecule is CC(C)NCCc1nc(Cc2nc3ccccc3[nH]2)no1. The predicted octanol–water partition coefficient (Wildman–Crippen LogP) is 2.08. The van der Waals surface area contributed by atoms with Gasteiger partial charge in [0.05, 0.1) is 17.5 Å². The van der Waals surface area contributed by atoms with Gasteiger partial charge in [0, 0.05) is 19.0 Å². The fraction of sp³-hybridized carbons (Fsp3) is 0.400. The van der Waals surface area contributed by atoms with E-state index in [4.69, 9.17) is 4.52 Å². The third-order valence-corrected chi connectivity index (χ3v) is 3.17. The molecule has 2 N–H and O–H groups in total. The molecule has 21 heavy (non-hydrogen) atoms. The zero-order valence-corrected chi connectivity index (χ0v) is 12.3. The van der Waals surface area contributed by atoms with Crippen LogP contribution in [0.4, 0.5) is 0 Å². The molecule has 0 bridgehead atoms. The number of nitrogens with zero attached hydrogens (tertiary/aromatic N) is 3.